The van der Waals surface area contributed by atoms with Crippen molar-refractivity contribution in [2.45, 2.75) is 19.9 Å². The Morgan fingerprint density at radius 3 is 2.22 bits per heavy atom. The minimum Gasteiger partial charge on any atom is -0.422 e. The highest BCUT2D eigenvalue weighted by Gasteiger charge is 2.14. The molecule has 3 aromatic rings. The molecule has 0 bridgehead atoms. The van der Waals surface area contributed by atoms with Gasteiger partial charge in [-0.05, 0) is 55.0 Å². The number of nitrogens with zero attached hydrogens (tertiary/aromatic N) is 2. The molecule has 0 aliphatic rings. The second-order valence-corrected chi connectivity index (χ2v) is 6.76. The maximum absolute atomic E-state index is 12.6. The second-order valence-electron chi connectivity index (χ2n) is 5.89. The highest BCUT2D eigenvalue weighted by molar-refractivity contribution is 6.31. The number of imidazole rings is 1. The number of halogens is 2. The number of hydrogen-bond donors (Lipinski definition) is 0. The number of esters is 1. The highest BCUT2D eigenvalue weighted by Crippen LogP contribution is 2.23. The van der Waals surface area contributed by atoms with E-state index in [1.54, 1.807) is 60.8 Å². The molecule has 0 N–H and O–H groups in total. The summed E-state index contributed by atoms with van der Waals surface area (Å²) in [6.07, 6.45) is 6.35. The van der Waals surface area contributed by atoms with Crippen molar-refractivity contribution in [1.29, 1.82) is 0 Å². The van der Waals surface area contributed by atoms with Crippen LogP contribution in [-0.4, -0.2) is 15.5 Å². The van der Waals surface area contributed by atoms with Gasteiger partial charge in [-0.15, -0.1) is 0 Å². The Kier molecular flexibility index (Phi) is 6.32. The van der Waals surface area contributed by atoms with Crippen LogP contribution in [-0.2, 0) is 11.3 Å². The van der Waals surface area contributed by atoms with E-state index in [0.717, 1.165) is 18.5 Å². The predicted octanol–water partition coefficient (Wildman–Crippen LogP) is 5.96. The van der Waals surface area contributed by atoms with Gasteiger partial charge in [-0.3, -0.25) is 0 Å². The number of benzene rings is 2. The summed E-state index contributed by atoms with van der Waals surface area (Å²) in [5.41, 5.74) is 1.14. The van der Waals surface area contributed by atoms with Crippen LogP contribution in [0.15, 0.2) is 60.9 Å². The summed E-state index contributed by atoms with van der Waals surface area (Å²) < 4.78 is 7.70. The Balaban J connectivity index is 1.95. The first-order chi connectivity index (χ1) is 13.1. The summed E-state index contributed by atoms with van der Waals surface area (Å²) in [6.45, 7) is 2.92. The first kappa shape index (κ1) is 19.2. The maximum atomic E-state index is 12.6. The molecule has 0 amide bonds. The molecule has 138 valence electrons. The molecule has 0 spiro atoms. The van der Waals surface area contributed by atoms with Crippen LogP contribution in [0.25, 0.3) is 11.8 Å². The van der Waals surface area contributed by atoms with Gasteiger partial charge in [0.05, 0.1) is 5.56 Å². The van der Waals surface area contributed by atoms with Gasteiger partial charge in [0, 0.05) is 40.6 Å². The van der Waals surface area contributed by atoms with Gasteiger partial charge in [-0.25, -0.2) is 9.78 Å². The second kappa shape index (κ2) is 8.89. The Labute approximate surface area is 168 Å². The molecule has 0 saturated heterocycles. The van der Waals surface area contributed by atoms with Gasteiger partial charge >= 0.3 is 5.97 Å². The average molecular weight is 401 g/mol. The summed E-state index contributed by atoms with van der Waals surface area (Å²) in [7, 11) is 0. The summed E-state index contributed by atoms with van der Waals surface area (Å²) in [5.74, 6) is 0.641. The van der Waals surface area contributed by atoms with E-state index >= 15 is 0 Å². The van der Waals surface area contributed by atoms with E-state index < -0.39 is 5.97 Å². The lowest BCUT2D eigenvalue weighted by atomic mass is 10.1. The molecular formula is C21H18Cl2N2O2. The third-order valence-corrected chi connectivity index (χ3v) is 4.39. The van der Waals surface area contributed by atoms with Gasteiger partial charge in [-0.1, -0.05) is 30.1 Å². The molecule has 2 aromatic carbocycles. The first-order valence-corrected chi connectivity index (χ1v) is 9.29. The largest absolute Gasteiger partial charge is 0.422 e. The van der Waals surface area contributed by atoms with E-state index in [1.165, 1.54) is 0 Å². The lowest BCUT2D eigenvalue weighted by molar-refractivity contribution is 0.0693. The van der Waals surface area contributed by atoms with Crippen LogP contribution in [0.2, 0.25) is 10.0 Å². The smallest absolute Gasteiger partial charge is 0.343 e. The lowest BCUT2D eigenvalue weighted by Crippen LogP contribution is -2.06. The quantitative estimate of drug-likeness (QED) is 0.378. The van der Waals surface area contributed by atoms with Crippen molar-refractivity contribution >= 4 is 41.0 Å². The predicted molar refractivity (Wildman–Crippen MR) is 109 cm³/mol. The average Bonchev–Trinajstić information content (AvgIpc) is 3.09. The molecule has 27 heavy (non-hydrogen) atoms. The van der Waals surface area contributed by atoms with Crippen LogP contribution < -0.4 is 0 Å². The number of rotatable bonds is 6. The third-order valence-electron chi connectivity index (χ3n) is 3.88. The summed E-state index contributed by atoms with van der Waals surface area (Å²) in [6, 6.07) is 13.7. The van der Waals surface area contributed by atoms with Crippen LogP contribution in [0.5, 0.6) is 0 Å². The van der Waals surface area contributed by atoms with E-state index in [2.05, 4.69) is 11.9 Å². The number of aryl methyl sites for hydroxylation is 1. The van der Waals surface area contributed by atoms with Crippen molar-refractivity contribution in [3.63, 3.8) is 0 Å². The highest BCUT2D eigenvalue weighted by atomic mass is 35.5. The Hall–Kier alpha value is -2.56. The lowest BCUT2D eigenvalue weighted by Gasteiger charge is -2.11. The zero-order valence-corrected chi connectivity index (χ0v) is 16.2. The fraction of sp³-hybridized carbons (Fsp3) is 0.143. The SMILES string of the molecule is CCCn1ccnc1C=C(OC(=O)c1ccc(Cl)cc1)c1ccc(Cl)cc1. The van der Waals surface area contributed by atoms with Crippen molar-refractivity contribution in [2.75, 3.05) is 0 Å². The van der Waals surface area contributed by atoms with Crippen molar-refractivity contribution in [2.24, 2.45) is 0 Å². The maximum Gasteiger partial charge on any atom is 0.343 e. The Morgan fingerprint density at radius 2 is 1.63 bits per heavy atom. The van der Waals surface area contributed by atoms with Crippen molar-refractivity contribution in [3.05, 3.63) is 87.9 Å². The molecule has 1 aromatic heterocycles. The molecule has 0 atom stereocenters. The topological polar surface area (TPSA) is 44.1 Å². The molecule has 0 unspecified atom stereocenters. The first-order valence-electron chi connectivity index (χ1n) is 8.53. The summed E-state index contributed by atoms with van der Waals surface area (Å²) in [5, 5.41) is 1.16. The minimum absolute atomic E-state index is 0.398. The summed E-state index contributed by atoms with van der Waals surface area (Å²) >= 11 is 11.9. The van der Waals surface area contributed by atoms with E-state index in [4.69, 9.17) is 27.9 Å². The van der Waals surface area contributed by atoms with E-state index in [9.17, 15) is 4.79 Å². The van der Waals surface area contributed by atoms with Gasteiger partial charge in [0.25, 0.3) is 0 Å². The number of carbonyl (C=O) groups is 1. The zero-order chi connectivity index (χ0) is 19.2. The molecule has 6 heteroatoms. The van der Waals surface area contributed by atoms with E-state index in [1.807, 2.05) is 10.8 Å². The van der Waals surface area contributed by atoms with Gasteiger partial charge < -0.3 is 9.30 Å². The van der Waals surface area contributed by atoms with Crippen LogP contribution in [0.1, 0.15) is 35.1 Å². The molecule has 3 rings (SSSR count). The van der Waals surface area contributed by atoms with Crippen LogP contribution in [0.3, 0.4) is 0 Å². The molecular weight excluding hydrogens is 383 g/mol. The van der Waals surface area contributed by atoms with Crippen LogP contribution >= 0.6 is 23.2 Å². The minimum atomic E-state index is -0.471. The number of hydrogen-bond acceptors (Lipinski definition) is 3. The zero-order valence-electron chi connectivity index (χ0n) is 14.7. The molecule has 4 nitrogen and oxygen atoms in total. The Bertz CT molecular complexity index is 945. The normalized spacial score (nSPS) is 11.4. The van der Waals surface area contributed by atoms with Gasteiger partial charge in [0.2, 0.25) is 0 Å². The van der Waals surface area contributed by atoms with Crippen molar-refractivity contribution in [3.8, 4) is 0 Å². The van der Waals surface area contributed by atoms with Crippen LogP contribution in [0, 0.1) is 0 Å². The Morgan fingerprint density at radius 1 is 1.04 bits per heavy atom. The molecule has 0 aliphatic carbocycles. The number of carbonyl (C=O) groups excluding carboxylic acids is 1. The van der Waals surface area contributed by atoms with E-state index in [0.29, 0.717) is 27.2 Å². The van der Waals surface area contributed by atoms with Crippen molar-refractivity contribution in [1.82, 2.24) is 9.55 Å². The molecule has 0 fully saturated rings. The number of ether oxygens (including phenoxy) is 1. The molecule has 0 radical (unpaired) electrons. The fourth-order valence-electron chi connectivity index (χ4n) is 2.54. The van der Waals surface area contributed by atoms with Gasteiger partial charge in [0.15, 0.2) is 0 Å². The van der Waals surface area contributed by atoms with Gasteiger partial charge in [-0.2, -0.15) is 0 Å². The molecule has 1 heterocycles. The monoisotopic (exact) mass is 400 g/mol. The van der Waals surface area contributed by atoms with Crippen molar-refractivity contribution < 1.29 is 9.53 Å². The van der Waals surface area contributed by atoms with E-state index in [-0.39, 0.29) is 0 Å². The molecule has 0 saturated carbocycles. The fourth-order valence-corrected chi connectivity index (χ4v) is 2.79. The standard InChI is InChI=1S/C21H18Cl2N2O2/c1-2-12-25-13-11-24-20(25)14-19(15-3-7-17(22)8-4-15)27-21(26)16-5-9-18(23)10-6-16/h3-11,13-14H,2,12H2,1H3. The molecule has 0 aliphatic heterocycles. The van der Waals surface area contributed by atoms with Gasteiger partial charge in [0.1, 0.15) is 11.6 Å². The third kappa shape index (κ3) is 5.00. The summed E-state index contributed by atoms with van der Waals surface area (Å²) in [4.78, 5) is 16.9. The van der Waals surface area contributed by atoms with Crippen LogP contribution in [0.4, 0.5) is 0 Å². The number of aromatic nitrogens is 2.